The summed E-state index contributed by atoms with van der Waals surface area (Å²) in [6.07, 6.45) is 4.20. The average Bonchev–Trinajstić information content (AvgIpc) is 3.02. The molecule has 1 aliphatic carbocycles. The van der Waals surface area contributed by atoms with Gasteiger partial charge in [-0.15, -0.1) is 0 Å². The van der Waals surface area contributed by atoms with Gasteiger partial charge in [-0.3, -0.25) is 9.59 Å². The standard InChI is InChI=1S/C48H60O4/c1-45(2,3)37-19-29-15-33-23-39(47(7,8)9)25-35(43(33)51-13)17-31-21-38(46(4,5)6)22-32(42(31)28-50)18-36-26-40(48(10,11)12)24-34(44(36)52-14)16-30(20-37)41(29)27-49/h19-28H,15-18H2,1-14H3. The summed E-state index contributed by atoms with van der Waals surface area (Å²) in [6.45, 7) is 26.7. The van der Waals surface area contributed by atoms with Gasteiger partial charge in [-0.2, -0.15) is 0 Å². The van der Waals surface area contributed by atoms with E-state index in [4.69, 9.17) is 9.47 Å². The Kier molecular flexibility index (Phi) is 10.5. The van der Waals surface area contributed by atoms with Gasteiger partial charge in [0, 0.05) is 36.8 Å². The van der Waals surface area contributed by atoms with Crippen molar-refractivity contribution in [3.05, 3.63) is 126 Å². The number of ether oxygens (including phenoxy) is 2. The lowest BCUT2D eigenvalue weighted by atomic mass is 9.78. The van der Waals surface area contributed by atoms with E-state index in [1.165, 1.54) is 22.3 Å². The minimum Gasteiger partial charge on any atom is -0.496 e. The molecular formula is C48H60O4. The van der Waals surface area contributed by atoms with Crippen LogP contribution in [0.1, 0.15) is 171 Å². The fraction of sp³-hybridized carbons (Fsp3) is 0.458. The number of hydrogen-bond acceptors (Lipinski definition) is 4. The lowest BCUT2D eigenvalue weighted by molar-refractivity contribution is 0.111. The Hall–Kier alpha value is -4.18. The minimum atomic E-state index is -0.143. The largest absolute Gasteiger partial charge is 0.496 e. The molecule has 0 radical (unpaired) electrons. The number of aldehydes is 2. The summed E-state index contributed by atoms with van der Waals surface area (Å²) < 4.78 is 12.6. The highest BCUT2D eigenvalue weighted by atomic mass is 16.5. The molecule has 0 unspecified atom stereocenters. The van der Waals surface area contributed by atoms with Crippen LogP contribution in [0.4, 0.5) is 0 Å². The van der Waals surface area contributed by atoms with Crippen molar-refractivity contribution in [3.63, 3.8) is 0 Å². The van der Waals surface area contributed by atoms with Crippen LogP contribution in [-0.4, -0.2) is 26.8 Å². The molecule has 0 heterocycles. The predicted molar refractivity (Wildman–Crippen MR) is 216 cm³/mol. The molecule has 4 aromatic carbocycles. The van der Waals surface area contributed by atoms with Crippen LogP contribution < -0.4 is 9.47 Å². The van der Waals surface area contributed by atoms with Crippen LogP contribution in [0, 0.1) is 0 Å². The fourth-order valence-electron chi connectivity index (χ4n) is 7.56. The van der Waals surface area contributed by atoms with Crippen LogP contribution in [0.5, 0.6) is 11.5 Å². The lowest BCUT2D eigenvalue weighted by Gasteiger charge is -2.28. The van der Waals surface area contributed by atoms with Crippen LogP contribution in [0.3, 0.4) is 0 Å². The summed E-state index contributed by atoms with van der Waals surface area (Å²) in [4.78, 5) is 26.5. The van der Waals surface area contributed by atoms with Gasteiger partial charge in [-0.05, 0) is 88.4 Å². The molecule has 0 saturated carbocycles. The molecule has 1 aliphatic rings. The van der Waals surface area contributed by atoms with Crippen molar-refractivity contribution in [1.29, 1.82) is 0 Å². The zero-order valence-electron chi connectivity index (χ0n) is 34.2. The maximum atomic E-state index is 13.3. The van der Waals surface area contributed by atoms with E-state index in [-0.39, 0.29) is 21.7 Å². The molecule has 0 aliphatic heterocycles. The maximum Gasteiger partial charge on any atom is 0.150 e. The number of carbonyl (C=O) groups is 2. The highest BCUT2D eigenvalue weighted by Crippen LogP contribution is 2.41. The van der Waals surface area contributed by atoms with Crippen LogP contribution in [0.15, 0.2) is 48.5 Å². The Bertz CT molecular complexity index is 1770. The Morgan fingerprint density at radius 1 is 0.385 bits per heavy atom. The smallest absolute Gasteiger partial charge is 0.150 e. The second-order valence-corrected chi connectivity index (χ2v) is 19.0. The average molecular weight is 701 g/mol. The molecule has 8 bridgehead atoms. The summed E-state index contributed by atoms with van der Waals surface area (Å²) in [5.74, 6) is 1.61. The molecule has 4 nitrogen and oxygen atoms in total. The van der Waals surface area contributed by atoms with Gasteiger partial charge < -0.3 is 9.47 Å². The molecule has 52 heavy (non-hydrogen) atoms. The van der Waals surface area contributed by atoms with E-state index in [1.54, 1.807) is 14.2 Å². The first-order valence-corrected chi connectivity index (χ1v) is 18.7. The second-order valence-electron chi connectivity index (χ2n) is 19.0. The third-order valence-corrected chi connectivity index (χ3v) is 10.8. The van der Waals surface area contributed by atoms with Gasteiger partial charge in [0.2, 0.25) is 0 Å². The number of carbonyl (C=O) groups excluding carboxylic acids is 2. The third kappa shape index (κ3) is 7.92. The van der Waals surface area contributed by atoms with Gasteiger partial charge in [0.05, 0.1) is 14.2 Å². The zero-order valence-corrected chi connectivity index (χ0v) is 34.2. The van der Waals surface area contributed by atoms with Crippen molar-refractivity contribution in [1.82, 2.24) is 0 Å². The molecule has 276 valence electrons. The molecule has 0 spiro atoms. The first kappa shape index (κ1) is 39.0. The first-order chi connectivity index (χ1) is 24.1. The summed E-state index contributed by atoms with van der Waals surface area (Å²) in [5, 5.41) is 0. The van der Waals surface area contributed by atoms with Crippen molar-refractivity contribution in [3.8, 4) is 11.5 Å². The SMILES string of the molecule is COc1c2cc(C(C)(C)C)cc1Cc1cc(C(C)(C)C)cc(c1C=O)Cc1cc(C(C)(C)C)cc(c1OC)Cc1cc(C(C)(C)C)cc(c1C=O)C2. The summed E-state index contributed by atoms with van der Waals surface area (Å²) in [6, 6.07) is 17.9. The second kappa shape index (κ2) is 14.0. The Morgan fingerprint density at radius 2 is 0.577 bits per heavy atom. The minimum absolute atomic E-state index is 0.140. The van der Waals surface area contributed by atoms with Crippen LogP contribution in [0.2, 0.25) is 0 Å². The van der Waals surface area contributed by atoms with E-state index >= 15 is 0 Å². The van der Waals surface area contributed by atoms with Crippen molar-refractivity contribution in [2.24, 2.45) is 0 Å². The Labute approximate surface area is 313 Å². The van der Waals surface area contributed by atoms with Crippen molar-refractivity contribution in [2.75, 3.05) is 14.2 Å². The first-order valence-electron chi connectivity index (χ1n) is 18.7. The van der Waals surface area contributed by atoms with Crippen LogP contribution in [0.25, 0.3) is 0 Å². The maximum absolute atomic E-state index is 13.3. The van der Waals surface area contributed by atoms with E-state index < -0.39 is 0 Å². The van der Waals surface area contributed by atoms with Crippen LogP contribution >= 0.6 is 0 Å². The molecule has 0 saturated heterocycles. The monoisotopic (exact) mass is 700 g/mol. The van der Waals surface area contributed by atoms with Gasteiger partial charge >= 0.3 is 0 Å². The topological polar surface area (TPSA) is 52.6 Å². The van der Waals surface area contributed by atoms with Gasteiger partial charge in [0.1, 0.15) is 11.5 Å². The molecule has 4 aromatic rings. The Balaban J connectivity index is 1.98. The molecule has 0 atom stereocenters. The van der Waals surface area contributed by atoms with Gasteiger partial charge in [-0.1, -0.05) is 132 Å². The van der Waals surface area contributed by atoms with Gasteiger partial charge in [-0.25, -0.2) is 0 Å². The third-order valence-electron chi connectivity index (χ3n) is 10.8. The van der Waals surface area contributed by atoms with E-state index in [1.807, 2.05) is 0 Å². The Morgan fingerprint density at radius 3 is 0.731 bits per heavy atom. The number of hydrogen-bond donors (Lipinski definition) is 0. The normalized spacial score (nSPS) is 13.8. The van der Waals surface area contributed by atoms with E-state index in [9.17, 15) is 9.59 Å². The van der Waals surface area contributed by atoms with E-state index in [0.717, 1.165) is 79.7 Å². The molecular weight excluding hydrogens is 641 g/mol. The fourth-order valence-corrected chi connectivity index (χ4v) is 7.56. The molecule has 4 heteroatoms. The number of methoxy groups -OCH3 is 2. The van der Waals surface area contributed by atoms with Crippen LogP contribution in [-0.2, 0) is 47.3 Å². The van der Waals surface area contributed by atoms with E-state index in [0.29, 0.717) is 25.7 Å². The summed E-state index contributed by atoms with van der Waals surface area (Å²) >= 11 is 0. The zero-order chi connectivity index (χ0) is 38.6. The van der Waals surface area contributed by atoms with Gasteiger partial charge in [0.15, 0.2) is 12.6 Å². The van der Waals surface area contributed by atoms with Crippen molar-refractivity contribution in [2.45, 2.75) is 130 Å². The van der Waals surface area contributed by atoms with Crippen molar-refractivity contribution >= 4 is 12.6 Å². The van der Waals surface area contributed by atoms with Crippen molar-refractivity contribution < 1.29 is 19.1 Å². The number of fused-ring (bicyclic) bond motifs is 8. The lowest BCUT2D eigenvalue weighted by Crippen LogP contribution is -2.17. The highest BCUT2D eigenvalue weighted by molar-refractivity contribution is 5.82. The molecule has 5 rings (SSSR count). The molecule has 0 N–H and O–H groups in total. The van der Waals surface area contributed by atoms with E-state index in [2.05, 4.69) is 132 Å². The quantitative estimate of drug-likeness (QED) is 0.175. The summed E-state index contributed by atoms with van der Waals surface area (Å²) in [7, 11) is 3.47. The highest BCUT2D eigenvalue weighted by Gasteiger charge is 2.28. The molecule has 0 aromatic heterocycles. The number of rotatable bonds is 4. The number of benzene rings is 4. The summed E-state index contributed by atoms with van der Waals surface area (Å²) in [5.41, 5.74) is 13.7. The van der Waals surface area contributed by atoms with Gasteiger partial charge in [0.25, 0.3) is 0 Å². The molecule has 0 amide bonds. The predicted octanol–water partition coefficient (Wildman–Crippen LogP) is 11.2. The molecule has 0 fully saturated rings.